The van der Waals surface area contributed by atoms with Gasteiger partial charge < -0.3 is 9.84 Å². The molecule has 0 radical (unpaired) electrons. The molecule has 1 unspecified atom stereocenters. The molecular weight excluding hydrogens is 384 g/mol. The molecule has 6 nitrogen and oxygen atoms in total. The fraction of sp³-hybridized carbons (Fsp3) is 0.222. The Balaban J connectivity index is 1.53. The smallest absolute Gasteiger partial charge is 0.227 e. The SMILES string of the molecule is CC(NC(=O)CCc1nc(-c2cccnc2)no1)c1cccc(Br)c1. The van der Waals surface area contributed by atoms with Crippen molar-refractivity contribution in [2.24, 2.45) is 0 Å². The second-order valence-electron chi connectivity index (χ2n) is 5.60. The zero-order chi connectivity index (χ0) is 17.6. The third-order valence-corrected chi connectivity index (χ3v) is 4.17. The highest BCUT2D eigenvalue weighted by Gasteiger charge is 2.13. The summed E-state index contributed by atoms with van der Waals surface area (Å²) >= 11 is 3.43. The quantitative estimate of drug-likeness (QED) is 0.681. The summed E-state index contributed by atoms with van der Waals surface area (Å²) in [5, 5.41) is 6.89. The van der Waals surface area contributed by atoms with E-state index < -0.39 is 0 Å². The molecule has 0 aliphatic rings. The first-order valence-corrected chi connectivity index (χ1v) is 8.69. The average molecular weight is 401 g/mol. The largest absolute Gasteiger partial charge is 0.350 e. The molecule has 0 bridgehead atoms. The average Bonchev–Trinajstić information content (AvgIpc) is 3.10. The van der Waals surface area contributed by atoms with E-state index in [9.17, 15) is 4.79 Å². The normalized spacial score (nSPS) is 11.9. The number of rotatable bonds is 6. The van der Waals surface area contributed by atoms with Crippen molar-refractivity contribution in [3.8, 4) is 11.4 Å². The zero-order valence-electron chi connectivity index (χ0n) is 13.6. The van der Waals surface area contributed by atoms with Crippen LogP contribution >= 0.6 is 15.9 Å². The van der Waals surface area contributed by atoms with E-state index in [0.29, 0.717) is 18.1 Å². The number of amides is 1. The summed E-state index contributed by atoms with van der Waals surface area (Å²) in [7, 11) is 0. The van der Waals surface area contributed by atoms with Gasteiger partial charge in [0, 0.05) is 35.3 Å². The van der Waals surface area contributed by atoms with E-state index in [2.05, 4.69) is 36.4 Å². The van der Waals surface area contributed by atoms with E-state index in [0.717, 1.165) is 15.6 Å². The van der Waals surface area contributed by atoms with Crippen molar-refractivity contribution < 1.29 is 9.32 Å². The first kappa shape index (κ1) is 17.3. The first-order valence-electron chi connectivity index (χ1n) is 7.89. The van der Waals surface area contributed by atoms with Crippen molar-refractivity contribution in [1.82, 2.24) is 20.4 Å². The monoisotopic (exact) mass is 400 g/mol. The van der Waals surface area contributed by atoms with Crippen LogP contribution in [-0.2, 0) is 11.2 Å². The Bertz CT molecular complexity index is 851. The van der Waals surface area contributed by atoms with Gasteiger partial charge in [-0.2, -0.15) is 4.98 Å². The van der Waals surface area contributed by atoms with Crippen LogP contribution in [0.5, 0.6) is 0 Å². The van der Waals surface area contributed by atoms with Gasteiger partial charge in [-0.05, 0) is 36.8 Å². The lowest BCUT2D eigenvalue weighted by atomic mass is 10.1. The van der Waals surface area contributed by atoms with Crippen molar-refractivity contribution in [3.63, 3.8) is 0 Å². The lowest BCUT2D eigenvalue weighted by molar-refractivity contribution is -0.121. The standard InChI is InChI=1S/C18H17BrN4O2/c1-12(13-4-2-6-15(19)10-13)21-16(24)7-8-17-22-18(23-25-17)14-5-3-9-20-11-14/h2-6,9-12H,7-8H2,1H3,(H,21,24). The fourth-order valence-electron chi connectivity index (χ4n) is 2.36. The summed E-state index contributed by atoms with van der Waals surface area (Å²) in [5.41, 5.74) is 1.82. The molecule has 3 aromatic rings. The number of aryl methyl sites for hydroxylation is 1. The lowest BCUT2D eigenvalue weighted by Crippen LogP contribution is -2.26. The maximum atomic E-state index is 12.1. The topological polar surface area (TPSA) is 80.9 Å². The van der Waals surface area contributed by atoms with Gasteiger partial charge in [-0.3, -0.25) is 9.78 Å². The molecule has 0 saturated carbocycles. The lowest BCUT2D eigenvalue weighted by Gasteiger charge is -2.14. The van der Waals surface area contributed by atoms with Gasteiger partial charge in [0.1, 0.15) is 0 Å². The maximum Gasteiger partial charge on any atom is 0.227 e. The van der Waals surface area contributed by atoms with Crippen molar-refractivity contribution in [3.05, 3.63) is 64.7 Å². The number of nitrogens with one attached hydrogen (secondary N) is 1. The minimum atomic E-state index is -0.0707. The molecule has 1 aromatic carbocycles. The summed E-state index contributed by atoms with van der Waals surface area (Å²) in [6.07, 6.45) is 4.03. The van der Waals surface area contributed by atoms with E-state index >= 15 is 0 Å². The van der Waals surface area contributed by atoms with Gasteiger partial charge in [0.25, 0.3) is 0 Å². The molecule has 0 aliphatic carbocycles. The molecule has 128 valence electrons. The van der Waals surface area contributed by atoms with E-state index in [-0.39, 0.29) is 18.4 Å². The highest BCUT2D eigenvalue weighted by molar-refractivity contribution is 9.10. The fourth-order valence-corrected chi connectivity index (χ4v) is 2.78. The molecule has 2 aromatic heterocycles. The number of hydrogen-bond acceptors (Lipinski definition) is 5. The molecule has 0 spiro atoms. The van der Waals surface area contributed by atoms with Crippen molar-refractivity contribution >= 4 is 21.8 Å². The van der Waals surface area contributed by atoms with E-state index in [1.165, 1.54) is 0 Å². The number of carbonyl (C=O) groups excluding carboxylic acids is 1. The Hall–Kier alpha value is -2.54. The van der Waals surface area contributed by atoms with Crippen LogP contribution < -0.4 is 5.32 Å². The minimum absolute atomic E-state index is 0.0615. The van der Waals surface area contributed by atoms with Gasteiger partial charge in [0.05, 0.1) is 6.04 Å². The van der Waals surface area contributed by atoms with Crippen molar-refractivity contribution in [2.45, 2.75) is 25.8 Å². The van der Waals surface area contributed by atoms with Gasteiger partial charge in [0.15, 0.2) is 0 Å². The highest BCUT2D eigenvalue weighted by Crippen LogP contribution is 2.18. The summed E-state index contributed by atoms with van der Waals surface area (Å²) in [5.74, 6) is 0.851. The number of pyridine rings is 1. The molecule has 1 N–H and O–H groups in total. The van der Waals surface area contributed by atoms with E-state index in [1.807, 2.05) is 43.3 Å². The first-order chi connectivity index (χ1) is 12.1. The van der Waals surface area contributed by atoms with Crippen molar-refractivity contribution in [1.29, 1.82) is 0 Å². The Morgan fingerprint density at radius 2 is 2.20 bits per heavy atom. The number of hydrogen-bond donors (Lipinski definition) is 1. The van der Waals surface area contributed by atoms with Gasteiger partial charge >= 0.3 is 0 Å². The molecule has 7 heteroatoms. The van der Waals surface area contributed by atoms with Gasteiger partial charge in [0.2, 0.25) is 17.6 Å². The van der Waals surface area contributed by atoms with Gasteiger partial charge in [-0.25, -0.2) is 0 Å². The van der Waals surface area contributed by atoms with E-state index in [4.69, 9.17) is 4.52 Å². The summed E-state index contributed by atoms with van der Waals surface area (Å²) < 4.78 is 6.19. The van der Waals surface area contributed by atoms with Gasteiger partial charge in [-0.15, -0.1) is 0 Å². The molecule has 1 atom stereocenters. The summed E-state index contributed by atoms with van der Waals surface area (Å²) in [6, 6.07) is 11.5. The molecule has 0 aliphatic heterocycles. The second-order valence-corrected chi connectivity index (χ2v) is 6.51. The second kappa shape index (κ2) is 8.02. The van der Waals surface area contributed by atoms with Crippen molar-refractivity contribution in [2.75, 3.05) is 0 Å². The van der Waals surface area contributed by atoms with Gasteiger partial charge in [-0.1, -0.05) is 33.2 Å². The summed E-state index contributed by atoms with van der Waals surface area (Å²) in [6.45, 7) is 1.95. The summed E-state index contributed by atoms with van der Waals surface area (Å²) in [4.78, 5) is 20.5. The van der Waals surface area contributed by atoms with Crippen LogP contribution in [0.1, 0.15) is 30.8 Å². The Labute approximate surface area is 153 Å². The number of benzene rings is 1. The molecule has 1 amide bonds. The van der Waals surface area contributed by atoms with Crippen LogP contribution in [0.4, 0.5) is 0 Å². The highest BCUT2D eigenvalue weighted by atomic mass is 79.9. The maximum absolute atomic E-state index is 12.1. The van der Waals surface area contributed by atoms with Crippen LogP contribution in [0.3, 0.4) is 0 Å². The van der Waals surface area contributed by atoms with Crippen LogP contribution in [-0.4, -0.2) is 21.0 Å². The minimum Gasteiger partial charge on any atom is -0.350 e. The number of carbonyl (C=O) groups is 1. The molecule has 3 rings (SSSR count). The van der Waals surface area contributed by atoms with Crippen LogP contribution in [0, 0.1) is 0 Å². The Kier molecular flexibility index (Phi) is 5.55. The molecule has 25 heavy (non-hydrogen) atoms. The third-order valence-electron chi connectivity index (χ3n) is 3.68. The third kappa shape index (κ3) is 4.73. The van der Waals surface area contributed by atoms with Crippen LogP contribution in [0.2, 0.25) is 0 Å². The van der Waals surface area contributed by atoms with E-state index in [1.54, 1.807) is 12.4 Å². The molecule has 0 fully saturated rings. The van der Waals surface area contributed by atoms with Crippen LogP contribution in [0.15, 0.2) is 57.8 Å². The van der Waals surface area contributed by atoms with Crippen LogP contribution in [0.25, 0.3) is 11.4 Å². The zero-order valence-corrected chi connectivity index (χ0v) is 15.2. The molecular formula is C18H17BrN4O2. The number of halogens is 1. The molecule has 2 heterocycles. The number of aromatic nitrogens is 3. The predicted molar refractivity (Wildman–Crippen MR) is 96.5 cm³/mol. The Morgan fingerprint density at radius 1 is 1.32 bits per heavy atom. The number of nitrogens with zero attached hydrogens (tertiary/aromatic N) is 3. The Morgan fingerprint density at radius 3 is 2.96 bits per heavy atom. The predicted octanol–water partition coefficient (Wildman–Crippen LogP) is 3.70. The molecule has 0 saturated heterocycles.